The molecule has 1 atom stereocenters. The van der Waals surface area contributed by atoms with Gasteiger partial charge in [0.25, 0.3) is 0 Å². The third-order valence-corrected chi connectivity index (χ3v) is 2.73. The van der Waals surface area contributed by atoms with Crippen LogP contribution in [0.25, 0.3) is 0 Å². The Kier molecular flexibility index (Phi) is 1.52. The second-order valence-corrected chi connectivity index (χ2v) is 3.93. The van der Waals surface area contributed by atoms with Crippen molar-refractivity contribution in [1.82, 2.24) is 0 Å². The molecule has 0 radical (unpaired) electrons. The highest BCUT2D eigenvalue weighted by molar-refractivity contribution is 5.39. The van der Waals surface area contributed by atoms with Crippen LogP contribution in [0.15, 0.2) is 18.2 Å². The SMILES string of the molecule is Cc1ccc2c(c1)[C@@](C)(O)CC2. The van der Waals surface area contributed by atoms with Crippen molar-refractivity contribution in [3.05, 3.63) is 34.9 Å². The van der Waals surface area contributed by atoms with Crippen LogP contribution in [-0.4, -0.2) is 5.11 Å². The van der Waals surface area contributed by atoms with Gasteiger partial charge < -0.3 is 5.11 Å². The van der Waals surface area contributed by atoms with E-state index in [1.54, 1.807) is 0 Å². The maximum atomic E-state index is 9.97. The van der Waals surface area contributed by atoms with E-state index < -0.39 is 5.60 Å². The number of hydrogen-bond donors (Lipinski definition) is 1. The number of aliphatic hydroxyl groups is 1. The fourth-order valence-electron chi connectivity index (χ4n) is 1.92. The minimum absolute atomic E-state index is 0.582. The van der Waals surface area contributed by atoms with E-state index in [-0.39, 0.29) is 0 Å². The van der Waals surface area contributed by atoms with Gasteiger partial charge >= 0.3 is 0 Å². The first-order valence-corrected chi connectivity index (χ1v) is 4.42. The van der Waals surface area contributed by atoms with Crippen molar-refractivity contribution in [3.8, 4) is 0 Å². The van der Waals surface area contributed by atoms with Crippen LogP contribution in [0.2, 0.25) is 0 Å². The van der Waals surface area contributed by atoms with Crippen LogP contribution < -0.4 is 0 Å². The Morgan fingerprint density at radius 2 is 2.17 bits per heavy atom. The van der Waals surface area contributed by atoms with Gasteiger partial charge in [-0.05, 0) is 37.8 Å². The number of aryl methyl sites for hydroxylation is 2. The fraction of sp³-hybridized carbons (Fsp3) is 0.455. The highest BCUT2D eigenvalue weighted by Crippen LogP contribution is 2.36. The Hall–Kier alpha value is -0.820. The highest BCUT2D eigenvalue weighted by Gasteiger charge is 2.31. The molecule has 1 heteroatoms. The van der Waals surface area contributed by atoms with Gasteiger partial charge in [0.1, 0.15) is 0 Å². The standard InChI is InChI=1S/C11H14O/c1-8-3-4-9-5-6-11(2,12)10(9)7-8/h3-4,7,12H,5-6H2,1-2H3/t11-/m0/s1. The molecule has 1 nitrogen and oxygen atoms in total. The van der Waals surface area contributed by atoms with Crippen molar-refractivity contribution < 1.29 is 5.11 Å². The summed E-state index contributed by atoms with van der Waals surface area (Å²) in [4.78, 5) is 0. The third-order valence-electron chi connectivity index (χ3n) is 2.73. The summed E-state index contributed by atoms with van der Waals surface area (Å²) >= 11 is 0. The Morgan fingerprint density at radius 3 is 2.92 bits per heavy atom. The molecule has 1 aromatic rings. The first-order chi connectivity index (χ1) is 5.59. The molecule has 2 rings (SSSR count). The number of rotatable bonds is 0. The minimum Gasteiger partial charge on any atom is -0.385 e. The van der Waals surface area contributed by atoms with Crippen molar-refractivity contribution in [1.29, 1.82) is 0 Å². The van der Waals surface area contributed by atoms with Gasteiger partial charge in [0, 0.05) is 0 Å². The number of fused-ring (bicyclic) bond motifs is 1. The molecule has 0 aromatic heterocycles. The molecule has 0 bridgehead atoms. The van der Waals surface area contributed by atoms with Gasteiger partial charge in [-0.25, -0.2) is 0 Å². The summed E-state index contributed by atoms with van der Waals surface area (Å²) in [7, 11) is 0. The van der Waals surface area contributed by atoms with Crippen LogP contribution in [-0.2, 0) is 12.0 Å². The molecule has 0 aliphatic heterocycles. The minimum atomic E-state index is -0.582. The zero-order chi connectivity index (χ0) is 8.77. The van der Waals surface area contributed by atoms with Crippen LogP contribution >= 0.6 is 0 Å². The topological polar surface area (TPSA) is 20.2 Å². The van der Waals surface area contributed by atoms with Crippen LogP contribution in [0.1, 0.15) is 30.0 Å². The summed E-state index contributed by atoms with van der Waals surface area (Å²) in [6.45, 7) is 3.97. The first kappa shape index (κ1) is 7.81. The van der Waals surface area contributed by atoms with Crippen molar-refractivity contribution in [2.75, 3.05) is 0 Å². The average Bonchev–Trinajstić information content (AvgIpc) is 2.28. The predicted molar refractivity (Wildman–Crippen MR) is 49.1 cm³/mol. The molecule has 1 aliphatic rings. The van der Waals surface area contributed by atoms with Crippen molar-refractivity contribution in [2.24, 2.45) is 0 Å². The molecule has 0 fully saturated rings. The van der Waals surface area contributed by atoms with Gasteiger partial charge in [0.05, 0.1) is 5.60 Å². The largest absolute Gasteiger partial charge is 0.385 e. The van der Waals surface area contributed by atoms with Crippen molar-refractivity contribution in [2.45, 2.75) is 32.3 Å². The van der Waals surface area contributed by atoms with E-state index in [1.807, 2.05) is 6.92 Å². The van der Waals surface area contributed by atoms with Crippen LogP contribution in [0, 0.1) is 6.92 Å². The summed E-state index contributed by atoms with van der Waals surface area (Å²) < 4.78 is 0. The van der Waals surface area contributed by atoms with Crippen LogP contribution in [0.5, 0.6) is 0 Å². The van der Waals surface area contributed by atoms with E-state index in [4.69, 9.17) is 0 Å². The number of benzene rings is 1. The molecule has 1 N–H and O–H groups in total. The van der Waals surface area contributed by atoms with E-state index >= 15 is 0 Å². The monoisotopic (exact) mass is 162 g/mol. The van der Waals surface area contributed by atoms with E-state index in [1.165, 1.54) is 11.1 Å². The molecular weight excluding hydrogens is 148 g/mol. The smallest absolute Gasteiger partial charge is 0.0874 e. The second-order valence-electron chi connectivity index (χ2n) is 3.93. The Morgan fingerprint density at radius 1 is 1.42 bits per heavy atom. The molecule has 0 heterocycles. The lowest BCUT2D eigenvalue weighted by Gasteiger charge is -2.17. The van der Waals surface area contributed by atoms with E-state index in [9.17, 15) is 5.11 Å². The summed E-state index contributed by atoms with van der Waals surface area (Å²) in [5.41, 5.74) is 3.09. The zero-order valence-corrected chi connectivity index (χ0v) is 7.59. The summed E-state index contributed by atoms with van der Waals surface area (Å²) in [5, 5.41) is 9.97. The molecule has 1 aliphatic carbocycles. The molecule has 1 aromatic carbocycles. The molecule has 0 amide bonds. The predicted octanol–water partition coefficient (Wildman–Crippen LogP) is 2.15. The van der Waals surface area contributed by atoms with Crippen molar-refractivity contribution >= 4 is 0 Å². The van der Waals surface area contributed by atoms with E-state index in [0.29, 0.717) is 0 Å². The maximum absolute atomic E-state index is 9.97. The van der Waals surface area contributed by atoms with Crippen molar-refractivity contribution in [3.63, 3.8) is 0 Å². The Labute approximate surface area is 73.0 Å². The van der Waals surface area contributed by atoms with Gasteiger partial charge in [-0.1, -0.05) is 23.8 Å². The summed E-state index contributed by atoms with van der Waals surface area (Å²) in [5.74, 6) is 0. The third kappa shape index (κ3) is 1.05. The lowest BCUT2D eigenvalue weighted by atomic mass is 9.97. The molecule has 0 saturated heterocycles. The highest BCUT2D eigenvalue weighted by atomic mass is 16.3. The molecule has 0 saturated carbocycles. The van der Waals surface area contributed by atoms with Gasteiger partial charge in [0.15, 0.2) is 0 Å². The zero-order valence-electron chi connectivity index (χ0n) is 7.59. The molecule has 12 heavy (non-hydrogen) atoms. The summed E-state index contributed by atoms with van der Waals surface area (Å²) in [6.07, 6.45) is 1.88. The molecule has 64 valence electrons. The first-order valence-electron chi connectivity index (χ1n) is 4.42. The van der Waals surface area contributed by atoms with Gasteiger partial charge in [-0.15, -0.1) is 0 Å². The normalized spacial score (nSPS) is 27.2. The lowest BCUT2D eigenvalue weighted by Crippen LogP contribution is -2.16. The van der Waals surface area contributed by atoms with E-state index in [0.717, 1.165) is 18.4 Å². The lowest BCUT2D eigenvalue weighted by molar-refractivity contribution is 0.0594. The van der Waals surface area contributed by atoms with Gasteiger partial charge in [-0.3, -0.25) is 0 Å². The van der Waals surface area contributed by atoms with Gasteiger partial charge in [0.2, 0.25) is 0 Å². The average molecular weight is 162 g/mol. The Balaban J connectivity index is 2.57. The fourth-order valence-corrected chi connectivity index (χ4v) is 1.92. The second kappa shape index (κ2) is 2.33. The molecule has 0 spiro atoms. The summed E-state index contributed by atoms with van der Waals surface area (Å²) in [6, 6.07) is 6.34. The quantitative estimate of drug-likeness (QED) is 0.619. The molecule has 0 unspecified atom stereocenters. The maximum Gasteiger partial charge on any atom is 0.0874 e. The van der Waals surface area contributed by atoms with E-state index in [2.05, 4.69) is 25.1 Å². The van der Waals surface area contributed by atoms with Gasteiger partial charge in [-0.2, -0.15) is 0 Å². The number of hydrogen-bond acceptors (Lipinski definition) is 1. The van der Waals surface area contributed by atoms with Crippen LogP contribution in [0.3, 0.4) is 0 Å². The Bertz CT molecular complexity index is 313. The molecular formula is C11H14O. The van der Waals surface area contributed by atoms with Crippen LogP contribution in [0.4, 0.5) is 0 Å².